The molecule has 1 aromatic heterocycles. The van der Waals surface area contributed by atoms with Crippen LogP contribution in [0.4, 0.5) is 0 Å². The van der Waals surface area contributed by atoms with E-state index in [1.54, 1.807) is 4.57 Å². The zero-order chi connectivity index (χ0) is 25.9. The average Bonchev–Trinajstić information content (AvgIpc) is 2.90. The van der Waals surface area contributed by atoms with Crippen molar-refractivity contribution in [2.45, 2.75) is 51.6 Å². The van der Waals surface area contributed by atoms with Crippen LogP contribution in [0.15, 0.2) is 59.4 Å². The molecule has 0 aliphatic rings. The minimum atomic E-state index is -0.910. The highest BCUT2D eigenvalue weighted by Crippen LogP contribution is 2.12. The molecule has 1 N–H and O–H groups in total. The molecule has 0 aliphatic carbocycles. The second-order valence-electron chi connectivity index (χ2n) is 8.35. The number of nitrogens with one attached hydrogen (secondary N) is 1. The molecule has 0 saturated carbocycles. The fourth-order valence-corrected chi connectivity index (χ4v) is 3.81. The highest BCUT2D eigenvalue weighted by molar-refractivity contribution is 5.86. The molecule has 3 aromatic rings. The summed E-state index contributed by atoms with van der Waals surface area (Å²) in [5.41, 5.74) is 2.34. The first-order valence-electron chi connectivity index (χ1n) is 12.0. The predicted molar refractivity (Wildman–Crippen MR) is 134 cm³/mol. The molecule has 190 valence electrons. The number of rotatable bonds is 12. The molecule has 9 nitrogen and oxygen atoms in total. The molecule has 0 radical (unpaired) electrons. The van der Waals surface area contributed by atoms with Crippen molar-refractivity contribution in [1.82, 2.24) is 14.9 Å². The fraction of sp³-hybridized carbons (Fsp3) is 0.370. The molecule has 1 unspecified atom stereocenters. The Balaban J connectivity index is 1.57. The number of carbonyl (C=O) groups is 3. The number of hydrogen-bond acceptors (Lipinski definition) is 7. The summed E-state index contributed by atoms with van der Waals surface area (Å²) in [6.45, 7) is 2.07. The number of methoxy groups -OCH3 is 1. The first-order valence-corrected chi connectivity index (χ1v) is 12.0. The van der Waals surface area contributed by atoms with Gasteiger partial charge in [-0.1, -0.05) is 55.8 Å². The molecule has 3 rings (SSSR count). The van der Waals surface area contributed by atoms with E-state index < -0.39 is 30.5 Å². The number of aryl methyl sites for hydroxylation is 2. The van der Waals surface area contributed by atoms with Crippen LogP contribution in [0.3, 0.4) is 0 Å². The monoisotopic (exact) mass is 493 g/mol. The number of unbranched alkanes of at least 4 members (excludes halogenated alkanes) is 1. The predicted octanol–water partition coefficient (Wildman–Crippen LogP) is 2.57. The Morgan fingerprint density at radius 2 is 1.78 bits per heavy atom. The largest absolute Gasteiger partial charge is 0.467 e. The number of hydrogen-bond donors (Lipinski definition) is 1. The maximum absolute atomic E-state index is 13.0. The van der Waals surface area contributed by atoms with E-state index in [9.17, 15) is 19.2 Å². The van der Waals surface area contributed by atoms with Gasteiger partial charge in [0.1, 0.15) is 11.7 Å². The number of carbonyl (C=O) groups excluding carboxylic acids is 3. The Bertz CT molecular complexity index is 1260. The second kappa shape index (κ2) is 13.2. The van der Waals surface area contributed by atoms with Crippen molar-refractivity contribution >= 4 is 28.9 Å². The quantitative estimate of drug-likeness (QED) is 0.386. The van der Waals surface area contributed by atoms with Crippen LogP contribution in [0.2, 0.25) is 0 Å². The van der Waals surface area contributed by atoms with Gasteiger partial charge in [-0.15, -0.1) is 0 Å². The van der Waals surface area contributed by atoms with E-state index in [-0.39, 0.29) is 30.5 Å². The molecule has 36 heavy (non-hydrogen) atoms. The number of amides is 1. The summed E-state index contributed by atoms with van der Waals surface area (Å²) in [7, 11) is 1.24. The van der Waals surface area contributed by atoms with Gasteiger partial charge < -0.3 is 19.4 Å². The molecule has 1 amide bonds. The van der Waals surface area contributed by atoms with E-state index in [0.29, 0.717) is 12.1 Å². The van der Waals surface area contributed by atoms with Crippen LogP contribution in [-0.4, -0.2) is 47.2 Å². The van der Waals surface area contributed by atoms with E-state index in [4.69, 9.17) is 9.47 Å². The van der Waals surface area contributed by atoms with Gasteiger partial charge in [0.25, 0.3) is 11.5 Å². The molecule has 0 fully saturated rings. The SMILES string of the molecule is CCCCn1c(=O)c(CCC(=O)OCC(=O)NC(Cc2ccccc2)C(=O)OC)nc2ccccc21. The number of fused-ring (bicyclic) bond motifs is 1. The zero-order valence-corrected chi connectivity index (χ0v) is 20.6. The summed E-state index contributed by atoms with van der Waals surface area (Å²) in [5.74, 6) is -1.86. The Hall–Kier alpha value is -4.01. The van der Waals surface area contributed by atoms with Crippen molar-refractivity contribution in [2.24, 2.45) is 0 Å². The molecule has 0 spiro atoms. The van der Waals surface area contributed by atoms with Crippen LogP contribution >= 0.6 is 0 Å². The highest BCUT2D eigenvalue weighted by atomic mass is 16.5. The normalized spacial score (nSPS) is 11.6. The van der Waals surface area contributed by atoms with E-state index in [1.165, 1.54) is 7.11 Å². The van der Waals surface area contributed by atoms with Crippen molar-refractivity contribution in [1.29, 1.82) is 0 Å². The van der Waals surface area contributed by atoms with Gasteiger partial charge in [0.2, 0.25) is 0 Å². The fourth-order valence-electron chi connectivity index (χ4n) is 3.81. The van der Waals surface area contributed by atoms with Crippen molar-refractivity contribution in [3.8, 4) is 0 Å². The molecule has 0 aliphatic heterocycles. The van der Waals surface area contributed by atoms with E-state index in [0.717, 1.165) is 23.9 Å². The lowest BCUT2D eigenvalue weighted by molar-refractivity contribution is -0.150. The number of esters is 2. The van der Waals surface area contributed by atoms with Gasteiger partial charge in [-0.2, -0.15) is 0 Å². The molecule has 1 atom stereocenters. The van der Waals surface area contributed by atoms with Gasteiger partial charge >= 0.3 is 11.9 Å². The van der Waals surface area contributed by atoms with Gasteiger partial charge in [0, 0.05) is 19.4 Å². The van der Waals surface area contributed by atoms with Crippen LogP contribution in [0.5, 0.6) is 0 Å². The topological polar surface area (TPSA) is 117 Å². The maximum Gasteiger partial charge on any atom is 0.328 e. The number of ether oxygens (including phenoxy) is 2. The Kier molecular flexibility index (Phi) is 9.73. The van der Waals surface area contributed by atoms with Crippen LogP contribution in [0.1, 0.15) is 37.4 Å². The standard InChI is InChI=1S/C27H31N3O6/c1-3-4-16-30-23-13-9-8-12-20(23)28-21(26(30)33)14-15-25(32)36-18-24(31)29-22(27(34)35-2)17-19-10-6-5-7-11-19/h5-13,22H,3-4,14-18H2,1-2H3,(H,29,31). The summed E-state index contributed by atoms with van der Waals surface area (Å²) in [5, 5.41) is 2.55. The Morgan fingerprint density at radius 1 is 1.06 bits per heavy atom. The molecule has 0 saturated heterocycles. The second-order valence-corrected chi connectivity index (χ2v) is 8.35. The van der Waals surface area contributed by atoms with Crippen molar-refractivity contribution in [2.75, 3.05) is 13.7 Å². The summed E-state index contributed by atoms with van der Waals surface area (Å²) < 4.78 is 11.5. The molecular weight excluding hydrogens is 462 g/mol. The summed E-state index contributed by atoms with van der Waals surface area (Å²) in [6.07, 6.45) is 2.02. The lowest BCUT2D eigenvalue weighted by atomic mass is 10.1. The average molecular weight is 494 g/mol. The molecule has 1 heterocycles. The third-order valence-electron chi connectivity index (χ3n) is 5.69. The number of benzene rings is 2. The van der Waals surface area contributed by atoms with E-state index >= 15 is 0 Å². The zero-order valence-electron chi connectivity index (χ0n) is 20.6. The van der Waals surface area contributed by atoms with Gasteiger partial charge in [0.05, 0.1) is 24.6 Å². The minimum absolute atomic E-state index is 0.0923. The van der Waals surface area contributed by atoms with Crippen LogP contribution in [-0.2, 0) is 43.2 Å². The van der Waals surface area contributed by atoms with Crippen LogP contribution < -0.4 is 10.9 Å². The van der Waals surface area contributed by atoms with Crippen molar-refractivity contribution in [3.63, 3.8) is 0 Å². The smallest absolute Gasteiger partial charge is 0.328 e. The van der Waals surface area contributed by atoms with Gasteiger partial charge in [-0.05, 0) is 24.1 Å². The van der Waals surface area contributed by atoms with Crippen LogP contribution in [0, 0.1) is 0 Å². The molecule has 2 aromatic carbocycles. The Labute approximate surface area is 209 Å². The Morgan fingerprint density at radius 3 is 2.50 bits per heavy atom. The minimum Gasteiger partial charge on any atom is -0.467 e. The molecule has 0 bridgehead atoms. The van der Waals surface area contributed by atoms with Crippen LogP contribution in [0.25, 0.3) is 11.0 Å². The summed E-state index contributed by atoms with van der Waals surface area (Å²) >= 11 is 0. The van der Waals surface area contributed by atoms with Crippen molar-refractivity contribution in [3.05, 3.63) is 76.2 Å². The van der Waals surface area contributed by atoms with Gasteiger partial charge in [-0.3, -0.25) is 14.4 Å². The summed E-state index contributed by atoms with van der Waals surface area (Å²) in [4.78, 5) is 54.1. The number of aromatic nitrogens is 2. The first kappa shape index (κ1) is 26.6. The van der Waals surface area contributed by atoms with E-state index in [1.807, 2.05) is 54.6 Å². The third-order valence-corrected chi connectivity index (χ3v) is 5.69. The summed E-state index contributed by atoms with van der Waals surface area (Å²) in [6, 6.07) is 15.7. The van der Waals surface area contributed by atoms with Gasteiger partial charge in [-0.25, -0.2) is 9.78 Å². The van der Waals surface area contributed by atoms with E-state index in [2.05, 4.69) is 17.2 Å². The maximum atomic E-state index is 13.0. The third kappa shape index (κ3) is 7.24. The lowest BCUT2D eigenvalue weighted by Gasteiger charge is -2.16. The highest BCUT2D eigenvalue weighted by Gasteiger charge is 2.22. The number of nitrogens with zero attached hydrogens (tertiary/aromatic N) is 2. The first-order chi connectivity index (χ1) is 17.4. The van der Waals surface area contributed by atoms with Crippen molar-refractivity contribution < 1.29 is 23.9 Å². The molecule has 9 heteroatoms. The molecular formula is C27H31N3O6. The lowest BCUT2D eigenvalue weighted by Crippen LogP contribution is -2.44. The number of para-hydroxylation sites is 2. The van der Waals surface area contributed by atoms with Gasteiger partial charge in [0.15, 0.2) is 6.61 Å².